The van der Waals surface area contributed by atoms with Gasteiger partial charge in [0.05, 0.1) is 5.69 Å². The largest absolute Gasteiger partial charge is 0.389 e. The number of carbonyl (C=O) groups excluding carboxylic acids is 1. The van der Waals surface area contributed by atoms with Crippen LogP contribution in [-0.2, 0) is 4.79 Å². The van der Waals surface area contributed by atoms with E-state index in [0.717, 1.165) is 19.3 Å². The van der Waals surface area contributed by atoms with E-state index in [-0.39, 0.29) is 10.9 Å². The highest BCUT2D eigenvalue weighted by molar-refractivity contribution is 7.80. The summed E-state index contributed by atoms with van der Waals surface area (Å²) >= 11 is 4.80. The molecule has 5 heteroatoms. The SMILES string of the molecule is NC(=S)c1ccc(N2CCCCCC2=O)c(F)c1. The van der Waals surface area contributed by atoms with E-state index in [1.54, 1.807) is 12.1 Å². The van der Waals surface area contributed by atoms with Crippen molar-refractivity contribution in [1.82, 2.24) is 0 Å². The molecule has 2 rings (SSSR count). The number of amides is 1. The van der Waals surface area contributed by atoms with Gasteiger partial charge in [-0.25, -0.2) is 4.39 Å². The number of carbonyl (C=O) groups is 1. The first-order valence-electron chi connectivity index (χ1n) is 5.99. The number of halogens is 1. The van der Waals surface area contributed by atoms with Crippen LogP contribution in [0.15, 0.2) is 18.2 Å². The Morgan fingerprint density at radius 1 is 1.33 bits per heavy atom. The smallest absolute Gasteiger partial charge is 0.227 e. The Morgan fingerprint density at radius 2 is 2.11 bits per heavy atom. The van der Waals surface area contributed by atoms with Gasteiger partial charge in [0, 0.05) is 18.5 Å². The second-order valence-corrected chi connectivity index (χ2v) is 4.83. The van der Waals surface area contributed by atoms with Crippen LogP contribution in [0.4, 0.5) is 10.1 Å². The number of anilines is 1. The molecule has 96 valence electrons. The molecule has 0 atom stereocenters. The van der Waals surface area contributed by atoms with E-state index in [9.17, 15) is 9.18 Å². The van der Waals surface area contributed by atoms with Gasteiger partial charge in [0.25, 0.3) is 0 Å². The fraction of sp³-hybridized carbons (Fsp3) is 0.385. The van der Waals surface area contributed by atoms with Crippen LogP contribution in [0.2, 0.25) is 0 Å². The molecule has 1 aromatic rings. The molecule has 1 aliphatic rings. The van der Waals surface area contributed by atoms with Crippen LogP contribution in [0.5, 0.6) is 0 Å². The Kier molecular flexibility index (Phi) is 3.91. The summed E-state index contributed by atoms with van der Waals surface area (Å²) in [6.45, 7) is 0.572. The van der Waals surface area contributed by atoms with Gasteiger partial charge in [-0.15, -0.1) is 0 Å². The Bertz CT molecular complexity index is 490. The van der Waals surface area contributed by atoms with Crippen molar-refractivity contribution in [3.8, 4) is 0 Å². The quantitative estimate of drug-likeness (QED) is 0.836. The molecule has 1 heterocycles. The molecule has 1 fully saturated rings. The van der Waals surface area contributed by atoms with E-state index < -0.39 is 5.82 Å². The molecule has 0 unspecified atom stereocenters. The van der Waals surface area contributed by atoms with E-state index in [1.807, 2.05) is 0 Å². The molecule has 0 bridgehead atoms. The Labute approximate surface area is 111 Å². The second-order valence-electron chi connectivity index (χ2n) is 4.39. The van der Waals surface area contributed by atoms with Crippen molar-refractivity contribution < 1.29 is 9.18 Å². The van der Waals surface area contributed by atoms with Crippen molar-refractivity contribution in [1.29, 1.82) is 0 Å². The van der Waals surface area contributed by atoms with E-state index in [2.05, 4.69) is 0 Å². The lowest BCUT2D eigenvalue weighted by atomic mass is 10.1. The third-order valence-corrected chi connectivity index (χ3v) is 3.33. The first-order valence-corrected chi connectivity index (χ1v) is 6.40. The monoisotopic (exact) mass is 266 g/mol. The zero-order chi connectivity index (χ0) is 13.1. The van der Waals surface area contributed by atoms with Crippen LogP contribution < -0.4 is 10.6 Å². The number of nitrogens with zero attached hydrogens (tertiary/aromatic N) is 1. The zero-order valence-electron chi connectivity index (χ0n) is 9.99. The van der Waals surface area contributed by atoms with Crippen LogP contribution >= 0.6 is 12.2 Å². The summed E-state index contributed by atoms with van der Waals surface area (Å²) in [7, 11) is 0. The summed E-state index contributed by atoms with van der Waals surface area (Å²) < 4.78 is 14.0. The maximum atomic E-state index is 14.0. The number of rotatable bonds is 2. The van der Waals surface area contributed by atoms with Gasteiger partial charge < -0.3 is 10.6 Å². The van der Waals surface area contributed by atoms with Crippen molar-refractivity contribution in [3.05, 3.63) is 29.6 Å². The fourth-order valence-electron chi connectivity index (χ4n) is 2.12. The van der Waals surface area contributed by atoms with Crippen LogP contribution in [0.25, 0.3) is 0 Å². The molecular formula is C13H15FN2OS. The van der Waals surface area contributed by atoms with Gasteiger partial charge in [0.15, 0.2) is 0 Å². The molecule has 0 aliphatic carbocycles. The van der Waals surface area contributed by atoms with Crippen LogP contribution in [0.1, 0.15) is 31.2 Å². The predicted octanol–water partition coefficient (Wildman–Crippen LogP) is 2.37. The molecule has 0 spiro atoms. The second kappa shape index (κ2) is 5.44. The lowest BCUT2D eigenvalue weighted by Crippen LogP contribution is -2.30. The van der Waals surface area contributed by atoms with E-state index in [4.69, 9.17) is 18.0 Å². The number of benzene rings is 1. The standard InChI is InChI=1S/C13H15FN2OS/c14-10-8-9(13(15)18)5-6-11(10)16-7-3-1-2-4-12(16)17/h5-6,8H,1-4,7H2,(H2,15,18). The zero-order valence-corrected chi connectivity index (χ0v) is 10.8. The first kappa shape index (κ1) is 13.0. The number of hydrogen-bond donors (Lipinski definition) is 1. The number of nitrogens with two attached hydrogens (primary N) is 1. The summed E-state index contributed by atoms with van der Waals surface area (Å²) in [5, 5.41) is 0. The first-order chi connectivity index (χ1) is 8.59. The average molecular weight is 266 g/mol. The fourth-order valence-corrected chi connectivity index (χ4v) is 2.24. The van der Waals surface area contributed by atoms with Gasteiger partial charge in [-0.3, -0.25) is 4.79 Å². The minimum atomic E-state index is -0.449. The number of hydrogen-bond acceptors (Lipinski definition) is 2. The summed E-state index contributed by atoms with van der Waals surface area (Å²) in [5.74, 6) is -0.468. The van der Waals surface area contributed by atoms with Gasteiger partial charge in [0.2, 0.25) is 5.91 Å². The summed E-state index contributed by atoms with van der Waals surface area (Å²) in [5.41, 5.74) is 6.25. The van der Waals surface area contributed by atoms with Crippen molar-refractivity contribution in [2.45, 2.75) is 25.7 Å². The highest BCUT2D eigenvalue weighted by Gasteiger charge is 2.21. The molecule has 18 heavy (non-hydrogen) atoms. The maximum absolute atomic E-state index is 14.0. The third-order valence-electron chi connectivity index (χ3n) is 3.10. The minimum absolute atomic E-state index is 0.0190. The lowest BCUT2D eigenvalue weighted by Gasteiger charge is -2.21. The molecule has 3 nitrogen and oxygen atoms in total. The molecule has 1 saturated heterocycles. The van der Waals surface area contributed by atoms with Crippen molar-refractivity contribution in [2.24, 2.45) is 5.73 Å². The molecule has 0 aromatic heterocycles. The minimum Gasteiger partial charge on any atom is -0.389 e. The Hall–Kier alpha value is -1.49. The predicted molar refractivity (Wildman–Crippen MR) is 73.1 cm³/mol. The Balaban J connectivity index is 2.32. The summed E-state index contributed by atoms with van der Waals surface area (Å²) in [6.07, 6.45) is 3.27. The van der Waals surface area contributed by atoms with E-state index >= 15 is 0 Å². The highest BCUT2D eigenvalue weighted by Crippen LogP contribution is 2.24. The molecule has 1 aliphatic heterocycles. The Morgan fingerprint density at radius 3 is 2.78 bits per heavy atom. The van der Waals surface area contributed by atoms with Crippen molar-refractivity contribution in [3.63, 3.8) is 0 Å². The summed E-state index contributed by atoms with van der Waals surface area (Å²) in [6, 6.07) is 4.52. The molecule has 0 radical (unpaired) electrons. The number of thiocarbonyl (C=S) groups is 1. The van der Waals surface area contributed by atoms with Crippen molar-refractivity contribution >= 4 is 28.8 Å². The normalized spacial score (nSPS) is 16.5. The van der Waals surface area contributed by atoms with Gasteiger partial charge in [0.1, 0.15) is 10.8 Å². The molecule has 1 amide bonds. The van der Waals surface area contributed by atoms with E-state index in [0.29, 0.717) is 24.2 Å². The molecule has 1 aromatic carbocycles. The topological polar surface area (TPSA) is 46.3 Å². The highest BCUT2D eigenvalue weighted by atomic mass is 32.1. The van der Waals surface area contributed by atoms with Gasteiger partial charge in [-0.2, -0.15) is 0 Å². The van der Waals surface area contributed by atoms with E-state index in [1.165, 1.54) is 11.0 Å². The lowest BCUT2D eigenvalue weighted by molar-refractivity contribution is -0.118. The van der Waals surface area contributed by atoms with Crippen molar-refractivity contribution in [2.75, 3.05) is 11.4 Å². The van der Waals surface area contributed by atoms with Gasteiger partial charge in [-0.1, -0.05) is 18.6 Å². The van der Waals surface area contributed by atoms with Crippen LogP contribution in [0, 0.1) is 5.82 Å². The average Bonchev–Trinajstić information content (AvgIpc) is 2.54. The maximum Gasteiger partial charge on any atom is 0.227 e. The molecule has 0 saturated carbocycles. The van der Waals surface area contributed by atoms with Crippen LogP contribution in [0.3, 0.4) is 0 Å². The molecular weight excluding hydrogens is 251 g/mol. The molecule has 2 N–H and O–H groups in total. The third kappa shape index (κ3) is 2.67. The summed E-state index contributed by atoms with van der Waals surface area (Å²) in [4.78, 5) is 13.6. The van der Waals surface area contributed by atoms with Gasteiger partial charge >= 0.3 is 0 Å². The van der Waals surface area contributed by atoms with Crippen LogP contribution in [-0.4, -0.2) is 17.4 Å². The van der Waals surface area contributed by atoms with Gasteiger partial charge in [-0.05, 0) is 31.0 Å².